The van der Waals surface area contributed by atoms with Crippen molar-refractivity contribution in [3.8, 4) is 5.75 Å². The first-order chi connectivity index (χ1) is 6.81. The minimum atomic E-state index is -0.609. The van der Waals surface area contributed by atoms with Crippen molar-refractivity contribution >= 4 is 5.91 Å². The van der Waals surface area contributed by atoms with Gasteiger partial charge in [0.05, 0.1) is 0 Å². The van der Waals surface area contributed by atoms with Crippen molar-refractivity contribution in [1.29, 1.82) is 0 Å². The maximum Gasteiger partial charge on any atom is 0.249 e. The molecule has 0 aromatic heterocycles. The van der Waals surface area contributed by atoms with Crippen molar-refractivity contribution in [2.24, 2.45) is 5.11 Å². The second kappa shape index (κ2) is 3.37. The van der Waals surface area contributed by atoms with Crippen molar-refractivity contribution in [2.75, 3.05) is 0 Å². The van der Waals surface area contributed by atoms with Crippen LogP contribution in [0.3, 0.4) is 0 Å². The molecule has 1 aromatic carbocycles. The molecule has 0 radical (unpaired) electrons. The lowest BCUT2D eigenvalue weighted by atomic mass is 10.1. The fourth-order valence-corrected chi connectivity index (χ4v) is 1.16. The fraction of sp³-hybridized carbons (Fsp3) is 0.125. The number of benzene rings is 1. The molecule has 1 amide bonds. The van der Waals surface area contributed by atoms with E-state index in [1.807, 2.05) is 0 Å². The summed E-state index contributed by atoms with van der Waals surface area (Å²) in [5.74, 6) is -0.0234. The van der Waals surface area contributed by atoms with Gasteiger partial charge in [-0.3, -0.25) is 4.79 Å². The van der Waals surface area contributed by atoms with Crippen LogP contribution in [0, 0.1) is 0 Å². The lowest BCUT2D eigenvalue weighted by Gasteiger charge is -1.96. The van der Waals surface area contributed by atoms with E-state index in [1.54, 1.807) is 12.1 Å². The summed E-state index contributed by atoms with van der Waals surface area (Å²) in [6, 6.07) is 4.70. The molecule has 0 fully saturated rings. The van der Waals surface area contributed by atoms with Gasteiger partial charge in [0.1, 0.15) is 6.61 Å². The molecule has 6 heteroatoms. The van der Waals surface area contributed by atoms with Crippen molar-refractivity contribution in [3.05, 3.63) is 39.8 Å². The highest BCUT2D eigenvalue weighted by molar-refractivity contribution is 5.95. The number of fused-ring (bicyclic) bond motifs is 1. The molecule has 0 spiro atoms. The van der Waals surface area contributed by atoms with Gasteiger partial charge in [0.2, 0.25) is 5.91 Å². The van der Waals surface area contributed by atoms with Gasteiger partial charge in [0, 0.05) is 16.0 Å². The molecule has 1 aliphatic rings. The zero-order valence-corrected chi connectivity index (χ0v) is 7.01. The van der Waals surface area contributed by atoms with E-state index in [9.17, 15) is 4.79 Å². The van der Waals surface area contributed by atoms with Crippen LogP contribution in [-0.2, 0) is 11.5 Å². The number of hydrogen-bond donors (Lipinski definition) is 0. The Balaban J connectivity index is 2.37. The summed E-state index contributed by atoms with van der Waals surface area (Å²) in [7, 11) is 0. The third kappa shape index (κ3) is 1.39. The van der Waals surface area contributed by atoms with E-state index >= 15 is 0 Å². The summed E-state index contributed by atoms with van der Waals surface area (Å²) >= 11 is 0. The first-order valence-corrected chi connectivity index (χ1v) is 3.83. The van der Waals surface area contributed by atoms with Crippen molar-refractivity contribution in [3.63, 3.8) is 0 Å². The summed E-state index contributed by atoms with van der Waals surface area (Å²) in [5, 5.41) is 2.98. The first-order valence-electron chi connectivity index (χ1n) is 3.83. The van der Waals surface area contributed by atoms with E-state index in [0.717, 1.165) is 5.56 Å². The van der Waals surface area contributed by atoms with Gasteiger partial charge in [-0.15, -0.1) is 0 Å². The standard InChI is InChI=1S/C8H5N3O3/c9-11-10-8(12)5-1-2-7-6(3-5)4-13-14-7/h1-3H,4H2. The Morgan fingerprint density at radius 3 is 3.21 bits per heavy atom. The molecule has 14 heavy (non-hydrogen) atoms. The zero-order valence-electron chi connectivity index (χ0n) is 7.01. The van der Waals surface area contributed by atoms with Crippen LogP contribution >= 0.6 is 0 Å². The van der Waals surface area contributed by atoms with E-state index < -0.39 is 5.91 Å². The quantitative estimate of drug-likeness (QED) is 0.294. The van der Waals surface area contributed by atoms with Gasteiger partial charge in [-0.25, -0.2) is 0 Å². The Bertz CT molecular complexity index is 437. The molecule has 0 N–H and O–H groups in total. The smallest absolute Gasteiger partial charge is 0.249 e. The zero-order chi connectivity index (χ0) is 9.97. The molecule has 6 nitrogen and oxygen atoms in total. The topological polar surface area (TPSA) is 84.3 Å². The minimum Gasteiger partial charge on any atom is -0.337 e. The molecule has 0 aliphatic carbocycles. The highest BCUT2D eigenvalue weighted by Gasteiger charge is 2.15. The number of nitrogens with zero attached hydrogens (tertiary/aromatic N) is 3. The summed E-state index contributed by atoms with van der Waals surface area (Å²) < 4.78 is 0. The second-order valence-corrected chi connectivity index (χ2v) is 2.66. The number of carbonyl (C=O) groups is 1. The summed E-state index contributed by atoms with van der Waals surface area (Å²) in [4.78, 5) is 23.0. The van der Waals surface area contributed by atoms with Gasteiger partial charge in [-0.05, 0) is 28.8 Å². The molecule has 1 aromatic rings. The Morgan fingerprint density at radius 1 is 1.57 bits per heavy atom. The predicted molar refractivity (Wildman–Crippen MR) is 45.3 cm³/mol. The average Bonchev–Trinajstić information content (AvgIpc) is 2.64. The molecule has 0 unspecified atom stereocenters. The van der Waals surface area contributed by atoms with Crippen molar-refractivity contribution in [1.82, 2.24) is 0 Å². The highest BCUT2D eigenvalue weighted by atomic mass is 17.2. The molecule has 0 atom stereocenters. The second-order valence-electron chi connectivity index (χ2n) is 2.66. The molecule has 1 aliphatic heterocycles. The fourth-order valence-electron chi connectivity index (χ4n) is 1.16. The molecule has 0 bridgehead atoms. The minimum absolute atomic E-state index is 0.298. The van der Waals surface area contributed by atoms with Crippen LogP contribution in [-0.4, -0.2) is 5.91 Å². The van der Waals surface area contributed by atoms with Crippen molar-refractivity contribution in [2.45, 2.75) is 6.61 Å². The number of azide groups is 1. The summed E-state index contributed by atoms with van der Waals surface area (Å²) in [6.45, 7) is 0.298. The van der Waals surface area contributed by atoms with E-state index in [2.05, 4.69) is 10.0 Å². The van der Waals surface area contributed by atoms with Crippen LogP contribution in [0.15, 0.2) is 23.3 Å². The molecule has 70 valence electrons. The molecule has 0 saturated carbocycles. The van der Waals surface area contributed by atoms with Crippen LogP contribution in [0.5, 0.6) is 5.75 Å². The Kier molecular flexibility index (Phi) is 2.06. The van der Waals surface area contributed by atoms with Gasteiger partial charge in [0.15, 0.2) is 5.75 Å². The largest absolute Gasteiger partial charge is 0.337 e. The first kappa shape index (κ1) is 8.55. The van der Waals surface area contributed by atoms with Crippen molar-refractivity contribution < 1.29 is 14.6 Å². The predicted octanol–water partition coefficient (Wildman–Crippen LogP) is 1.96. The van der Waals surface area contributed by atoms with Crippen LogP contribution in [0.2, 0.25) is 0 Å². The number of carbonyl (C=O) groups excluding carboxylic acids is 1. The third-order valence-electron chi connectivity index (χ3n) is 1.81. The normalized spacial score (nSPS) is 12.6. The summed E-state index contributed by atoms with van der Waals surface area (Å²) in [5.41, 5.74) is 9.18. The molecule has 1 heterocycles. The molecule has 2 rings (SSSR count). The maximum absolute atomic E-state index is 11.1. The lowest BCUT2D eigenvalue weighted by molar-refractivity contribution is -0.194. The number of hydrogen-bond acceptors (Lipinski definition) is 3. The van der Waals surface area contributed by atoms with E-state index in [4.69, 9.17) is 15.3 Å². The third-order valence-corrected chi connectivity index (χ3v) is 1.81. The van der Waals surface area contributed by atoms with E-state index in [-0.39, 0.29) is 0 Å². The van der Waals surface area contributed by atoms with Crippen LogP contribution < -0.4 is 4.89 Å². The van der Waals surface area contributed by atoms with E-state index in [1.165, 1.54) is 6.07 Å². The molecular weight excluding hydrogens is 186 g/mol. The summed E-state index contributed by atoms with van der Waals surface area (Å²) in [6.07, 6.45) is 0. The SMILES string of the molecule is [N-]=[N+]=NC(=O)c1ccc2c(c1)COO2. The monoisotopic (exact) mass is 191 g/mol. The Hall–Kier alpha value is -2.04. The van der Waals surface area contributed by atoms with Gasteiger partial charge in [0.25, 0.3) is 0 Å². The van der Waals surface area contributed by atoms with Gasteiger partial charge < -0.3 is 4.89 Å². The molecular formula is C8H5N3O3. The lowest BCUT2D eigenvalue weighted by Crippen LogP contribution is -1.93. The number of rotatable bonds is 1. The molecule has 0 saturated heterocycles. The Labute approximate surface area is 78.6 Å². The Morgan fingerprint density at radius 2 is 2.43 bits per heavy atom. The average molecular weight is 191 g/mol. The maximum atomic E-state index is 11.1. The van der Waals surface area contributed by atoms with Crippen LogP contribution in [0.1, 0.15) is 15.9 Å². The van der Waals surface area contributed by atoms with Crippen LogP contribution in [0.4, 0.5) is 0 Å². The van der Waals surface area contributed by atoms with Gasteiger partial charge in [-0.2, -0.15) is 4.89 Å². The van der Waals surface area contributed by atoms with Gasteiger partial charge >= 0.3 is 0 Å². The van der Waals surface area contributed by atoms with Crippen LogP contribution in [0.25, 0.3) is 10.4 Å². The highest BCUT2D eigenvalue weighted by Crippen LogP contribution is 2.26. The van der Waals surface area contributed by atoms with Gasteiger partial charge in [-0.1, -0.05) is 0 Å². The van der Waals surface area contributed by atoms with E-state index in [0.29, 0.717) is 17.9 Å². The number of amides is 1.